The Morgan fingerprint density at radius 3 is 2.61 bits per heavy atom. The zero-order valence-corrected chi connectivity index (χ0v) is 13.4. The molecule has 2 rings (SSSR count). The first kappa shape index (κ1) is 16.6. The number of nitrogen functional groups attached to an aromatic ring is 1. The fraction of sp³-hybridized carbons (Fsp3) is 0.211. The van der Waals surface area contributed by atoms with E-state index in [1.54, 1.807) is 49.4 Å². The second-order valence-electron chi connectivity index (χ2n) is 5.34. The van der Waals surface area contributed by atoms with Gasteiger partial charge in [0, 0.05) is 22.9 Å². The standard InChI is InChI=1S/C19H21NO3/c1-3-10-23-19-12-18(22)13(2)11-15(19)6-9-17(21)14-4-7-16(20)8-5-14/h4-9,11-12,22H,3,10,20H2,1-2H3. The molecule has 0 heterocycles. The van der Waals surface area contributed by atoms with Gasteiger partial charge in [0.1, 0.15) is 11.5 Å². The smallest absolute Gasteiger partial charge is 0.185 e. The van der Waals surface area contributed by atoms with E-state index in [0.29, 0.717) is 23.6 Å². The van der Waals surface area contributed by atoms with Crippen molar-refractivity contribution in [2.75, 3.05) is 12.3 Å². The third-order valence-electron chi connectivity index (χ3n) is 3.40. The number of nitrogens with two attached hydrogens (primary N) is 1. The first-order valence-electron chi connectivity index (χ1n) is 7.55. The van der Waals surface area contributed by atoms with Gasteiger partial charge in [-0.1, -0.05) is 6.92 Å². The van der Waals surface area contributed by atoms with Gasteiger partial charge in [-0.05, 0) is 61.4 Å². The molecule has 0 saturated heterocycles. The zero-order chi connectivity index (χ0) is 16.8. The molecule has 2 aromatic rings. The van der Waals surface area contributed by atoms with Gasteiger partial charge in [0.25, 0.3) is 0 Å². The molecule has 0 radical (unpaired) electrons. The van der Waals surface area contributed by atoms with Crippen LogP contribution in [0.3, 0.4) is 0 Å². The lowest BCUT2D eigenvalue weighted by molar-refractivity contribution is 0.104. The van der Waals surface area contributed by atoms with Crippen molar-refractivity contribution in [2.24, 2.45) is 0 Å². The lowest BCUT2D eigenvalue weighted by Crippen LogP contribution is -1.98. The van der Waals surface area contributed by atoms with Gasteiger partial charge in [-0.3, -0.25) is 4.79 Å². The third-order valence-corrected chi connectivity index (χ3v) is 3.40. The topological polar surface area (TPSA) is 72.5 Å². The van der Waals surface area contributed by atoms with Crippen LogP contribution in [0.15, 0.2) is 42.5 Å². The number of hydrogen-bond donors (Lipinski definition) is 2. The fourth-order valence-electron chi connectivity index (χ4n) is 2.08. The molecule has 0 bridgehead atoms. The summed E-state index contributed by atoms with van der Waals surface area (Å²) < 4.78 is 5.64. The normalized spacial score (nSPS) is 10.9. The minimum Gasteiger partial charge on any atom is -0.508 e. The highest BCUT2D eigenvalue weighted by molar-refractivity contribution is 6.07. The molecule has 0 spiro atoms. The number of anilines is 1. The van der Waals surface area contributed by atoms with Crippen LogP contribution in [0.4, 0.5) is 5.69 Å². The molecule has 120 valence electrons. The van der Waals surface area contributed by atoms with Gasteiger partial charge < -0.3 is 15.6 Å². The summed E-state index contributed by atoms with van der Waals surface area (Å²) in [6.45, 7) is 4.36. The van der Waals surface area contributed by atoms with E-state index in [2.05, 4.69) is 0 Å². The number of allylic oxidation sites excluding steroid dienone is 1. The van der Waals surface area contributed by atoms with Crippen LogP contribution in [0.1, 0.15) is 34.8 Å². The number of benzene rings is 2. The summed E-state index contributed by atoms with van der Waals surface area (Å²) >= 11 is 0. The molecule has 0 aliphatic rings. The largest absolute Gasteiger partial charge is 0.508 e. The number of aryl methyl sites for hydroxylation is 1. The predicted octanol–water partition coefficient (Wildman–Crippen LogP) is 3.97. The van der Waals surface area contributed by atoms with E-state index in [9.17, 15) is 9.90 Å². The molecule has 4 nitrogen and oxygen atoms in total. The molecule has 23 heavy (non-hydrogen) atoms. The summed E-state index contributed by atoms with van der Waals surface area (Å²) in [6, 6.07) is 10.2. The van der Waals surface area contributed by atoms with E-state index in [0.717, 1.165) is 17.5 Å². The molecule has 2 aromatic carbocycles. The van der Waals surface area contributed by atoms with Gasteiger partial charge in [0.2, 0.25) is 0 Å². The summed E-state index contributed by atoms with van der Waals surface area (Å²) in [5.74, 6) is 0.631. The summed E-state index contributed by atoms with van der Waals surface area (Å²) in [6.07, 6.45) is 4.06. The molecule has 0 aliphatic carbocycles. The van der Waals surface area contributed by atoms with E-state index in [1.165, 1.54) is 6.08 Å². The Morgan fingerprint density at radius 1 is 1.26 bits per heavy atom. The molecule has 0 atom stereocenters. The van der Waals surface area contributed by atoms with Crippen LogP contribution in [0, 0.1) is 6.92 Å². The van der Waals surface area contributed by atoms with Gasteiger partial charge >= 0.3 is 0 Å². The maximum atomic E-state index is 12.2. The Morgan fingerprint density at radius 2 is 1.96 bits per heavy atom. The molecule has 4 heteroatoms. The zero-order valence-electron chi connectivity index (χ0n) is 13.4. The number of aromatic hydroxyl groups is 1. The monoisotopic (exact) mass is 311 g/mol. The lowest BCUT2D eigenvalue weighted by Gasteiger charge is -2.10. The van der Waals surface area contributed by atoms with Crippen molar-refractivity contribution in [3.05, 3.63) is 59.2 Å². The van der Waals surface area contributed by atoms with Crippen LogP contribution >= 0.6 is 0 Å². The maximum Gasteiger partial charge on any atom is 0.185 e. The number of carbonyl (C=O) groups excluding carboxylic acids is 1. The van der Waals surface area contributed by atoms with Crippen LogP contribution in [0.5, 0.6) is 11.5 Å². The fourth-order valence-corrected chi connectivity index (χ4v) is 2.08. The van der Waals surface area contributed by atoms with Crippen molar-refractivity contribution in [1.29, 1.82) is 0 Å². The molecule has 0 fully saturated rings. The van der Waals surface area contributed by atoms with Crippen molar-refractivity contribution >= 4 is 17.5 Å². The Hall–Kier alpha value is -2.75. The van der Waals surface area contributed by atoms with Crippen LogP contribution in [-0.4, -0.2) is 17.5 Å². The number of carbonyl (C=O) groups is 1. The molecular weight excluding hydrogens is 290 g/mol. The molecular formula is C19H21NO3. The third kappa shape index (κ3) is 4.36. The number of phenols is 1. The highest BCUT2D eigenvalue weighted by Crippen LogP contribution is 2.29. The second-order valence-corrected chi connectivity index (χ2v) is 5.34. The van der Waals surface area contributed by atoms with Gasteiger partial charge in [-0.2, -0.15) is 0 Å². The first-order chi connectivity index (χ1) is 11.0. The number of rotatable bonds is 6. The predicted molar refractivity (Wildman–Crippen MR) is 92.8 cm³/mol. The number of ketones is 1. The summed E-state index contributed by atoms with van der Waals surface area (Å²) in [5.41, 5.74) is 8.30. The van der Waals surface area contributed by atoms with E-state index in [4.69, 9.17) is 10.5 Å². The molecule has 0 aromatic heterocycles. The van der Waals surface area contributed by atoms with Crippen LogP contribution in [0.2, 0.25) is 0 Å². The minimum atomic E-state index is -0.114. The van der Waals surface area contributed by atoms with E-state index < -0.39 is 0 Å². The SMILES string of the molecule is CCCOc1cc(O)c(C)cc1C=CC(=O)c1ccc(N)cc1. The van der Waals surface area contributed by atoms with Crippen molar-refractivity contribution in [3.63, 3.8) is 0 Å². The summed E-state index contributed by atoms with van der Waals surface area (Å²) in [7, 11) is 0. The molecule has 0 amide bonds. The van der Waals surface area contributed by atoms with Crippen LogP contribution in [0.25, 0.3) is 6.08 Å². The van der Waals surface area contributed by atoms with E-state index in [1.807, 2.05) is 6.92 Å². The lowest BCUT2D eigenvalue weighted by atomic mass is 10.1. The van der Waals surface area contributed by atoms with Crippen LogP contribution < -0.4 is 10.5 Å². The van der Waals surface area contributed by atoms with Gasteiger partial charge in [-0.25, -0.2) is 0 Å². The van der Waals surface area contributed by atoms with Crippen molar-refractivity contribution in [3.8, 4) is 11.5 Å². The van der Waals surface area contributed by atoms with E-state index >= 15 is 0 Å². The molecule has 3 N–H and O–H groups in total. The molecule has 0 saturated carbocycles. The Balaban J connectivity index is 2.25. The quantitative estimate of drug-likeness (QED) is 0.481. The van der Waals surface area contributed by atoms with Crippen molar-refractivity contribution in [2.45, 2.75) is 20.3 Å². The maximum absolute atomic E-state index is 12.2. The van der Waals surface area contributed by atoms with Crippen LogP contribution in [-0.2, 0) is 0 Å². The number of hydrogen-bond acceptors (Lipinski definition) is 4. The molecule has 0 unspecified atom stereocenters. The second kappa shape index (κ2) is 7.49. The number of phenolic OH excluding ortho intramolecular Hbond substituents is 1. The van der Waals surface area contributed by atoms with Gasteiger partial charge in [-0.15, -0.1) is 0 Å². The highest BCUT2D eigenvalue weighted by Gasteiger charge is 2.07. The first-order valence-corrected chi connectivity index (χ1v) is 7.55. The Labute approximate surface area is 136 Å². The average molecular weight is 311 g/mol. The number of ether oxygens (including phenoxy) is 1. The highest BCUT2D eigenvalue weighted by atomic mass is 16.5. The average Bonchev–Trinajstić information content (AvgIpc) is 2.54. The summed E-state index contributed by atoms with van der Waals surface area (Å²) in [5, 5.41) is 9.82. The summed E-state index contributed by atoms with van der Waals surface area (Å²) in [4.78, 5) is 12.2. The Kier molecular flexibility index (Phi) is 5.41. The van der Waals surface area contributed by atoms with E-state index in [-0.39, 0.29) is 11.5 Å². The minimum absolute atomic E-state index is 0.114. The van der Waals surface area contributed by atoms with Crippen molar-refractivity contribution in [1.82, 2.24) is 0 Å². The molecule has 0 aliphatic heterocycles. The van der Waals surface area contributed by atoms with Crippen molar-refractivity contribution < 1.29 is 14.6 Å². The van der Waals surface area contributed by atoms with Gasteiger partial charge in [0.15, 0.2) is 5.78 Å². The van der Waals surface area contributed by atoms with Gasteiger partial charge in [0.05, 0.1) is 6.61 Å². The Bertz CT molecular complexity index is 718.